The minimum absolute atomic E-state index is 0.0559. The molecule has 2 rings (SSSR count). The standard InChI is InChI=1S/C17H22N2O2/c1-19(2)11-5-10-18-17(20)13-21-16-9-8-14-6-3-4-7-15(14)12-16/h3-4,6-9,12H,5,10-11,13H2,1-2H3,(H,18,20). The van der Waals surface area contributed by atoms with Crippen LogP contribution in [0.2, 0.25) is 0 Å². The van der Waals surface area contributed by atoms with Crippen molar-refractivity contribution in [3.63, 3.8) is 0 Å². The number of benzene rings is 2. The van der Waals surface area contributed by atoms with Crippen molar-refractivity contribution in [2.24, 2.45) is 0 Å². The highest BCUT2D eigenvalue weighted by atomic mass is 16.5. The highest BCUT2D eigenvalue weighted by Gasteiger charge is 2.03. The summed E-state index contributed by atoms with van der Waals surface area (Å²) < 4.78 is 5.53. The van der Waals surface area contributed by atoms with Crippen LogP contribution in [0.5, 0.6) is 5.75 Å². The quantitative estimate of drug-likeness (QED) is 0.794. The zero-order chi connectivity index (χ0) is 15.1. The smallest absolute Gasteiger partial charge is 0.257 e. The number of rotatable bonds is 7. The zero-order valence-corrected chi connectivity index (χ0v) is 12.6. The van der Waals surface area contributed by atoms with Crippen LogP contribution in [0.3, 0.4) is 0 Å². The number of nitrogens with one attached hydrogen (secondary N) is 1. The van der Waals surface area contributed by atoms with Crippen LogP contribution in [0.15, 0.2) is 42.5 Å². The molecular formula is C17H22N2O2. The maximum absolute atomic E-state index is 11.7. The van der Waals surface area contributed by atoms with Crippen molar-refractivity contribution in [3.8, 4) is 5.75 Å². The fourth-order valence-electron chi connectivity index (χ4n) is 2.08. The van der Waals surface area contributed by atoms with Gasteiger partial charge in [-0.2, -0.15) is 0 Å². The largest absolute Gasteiger partial charge is 0.484 e. The fraction of sp³-hybridized carbons (Fsp3) is 0.353. The number of hydrogen-bond donors (Lipinski definition) is 1. The lowest BCUT2D eigenvalue weighted by Gasteiger charge is -2.10. The van der Waals surface area contributed by atoms with Crippen LogP contribution in [0, 0.1) is 0 Å². The van der Waals surface area contributed by atoms with E-state index in [0.29, 0.717) is 6.54 Å². The van der Waals surface area contributed by atoms with Crippen molar-refractivity contribution in [2.45, 2.75) is 6.42 Å². The van der Waals surface area contributed by atoms with Crippen LogP contribution in [-0.4, -0.2) is 44.6 Å². The summed E-state index contributed by atoms with van der Waals surface area (Å²) in [7, 11) is 4.04. The third-order valence-corrected chi connectivity index (χ3v) is 3.20. The van der Waals surface area contributed by atoms with Crippen molar-refractivity contribution < 1.29 is 9.53 Å². The molecule has 4 heteroatoms. The average Bonchev–Trinajstić information content (AvgIpc) is 2.49. The van der Waals surface area contributed by atoms with E-state index in [0.717, 1.165) is 29.5 Å². The number of hydrogen-bond acceptors (Lipinski definition) is 3. The van der Waals surface area contributed by atoms with Crippen LogP contribution in [0.4, 0.5) is 0 Å². The van der Waals surface area contributed by atoms with E-state index in [1.807, 2.05) is 50.5 Å². The Morgan fingerprint density at radius 2 is 1.90 bits per heavy atom. The molecule has 1 N–H and O–H groups in total. The van der Waals surface area contributed by atoms with Crippen LogP contribution in [0.25, 0.3) is 10.8 Å². The molecule has 112 valence electrons. The number of fused-ring (bicyclic) bond motifs is 1. The Morgan fingerprint density at radius 3 is 2.67 bits per heavy atom. The number of carbonyl (C=O) groups excluding carboxylic acids is 1. The molecule has 0 aromatic heterocycles. The van der Waals surface area contributed by atoms with Crippen molar-refractivity contribution in [3.05, 3.63) is 42.5 Å². The fourth-order valence-corrected chi connectivity index (χ4v) is 2.08. The Kier molecular flexibility index (Phi) is 5.58. The summed E-state index contributed by atoms with van der Waals surface area (Å²) in [6.07, 6.45) is 0.939. The van der Waals surface area contributed by atoms with Gasteiger partial charge >= 0.3 is 0 Å². The van der Waals surface area contributed by atoms with Gasteiger partial charge in [0, 0.05) is 6.54 Å². The predicted molar refractivity (Wildman–Crippen MR) is 85.6 cm³/mol. The number of ether oxygens (including phenoxy) is 1. The first kappa shape index (κ1) is 15.3. The second-order valence-corrected chi connectivity index (χ2v) is 5.30. The second kappa shape index (κ2) is 7.64. The lowest BCUT2D eigenvalue weighted by atomic mass is 10.1. The number of amides is 1. The Morgan fingerprint density at radius 1 is 1.14 bits per heavy atom. The van der Waals surface area contributed by atoms with Crippen molar-refractivity contribution in [1.29, 1.82) is 0 Å². The monoisotopic (exact) mass is 286 g/mol. The summed E-state index contributed by atoms with van der Waals surface area (Å²) in [5, 5.41) is 5.13. The molecule has 21 heavy (non-hydrogen) atoms. The Hall–Kier alpha value is -2.07. The molecule has 4 nitrogen and oxygen atoms in total. The average molecular weight is 286 g/mol. The molecule has 1 amide bonds. The third kappa shape index (κ3) is 5.08. The van der Waals surface area contributed by atoms with Gasteiger partial charge in [-0.05, 0) is 50.0 Å². The van der Waals surface area contributed by atoms with Gasteiger partial charge in [0.05, 0.1) is 0 Å². The van der Waals surface area contributed by atoms with Gasteiger partial charge in [-0.1, -0.05) is 30.3 Å². The zero-order valence-electron chi connectivity index (χ0n) is 12.6. The molecule has 0 radical (unpaired) electrons. The molecule has 0 aliphatic heterocycles. The Labute approximate surface area is 125 Å². The SMILES string of the molecule is CN(C)CCCNC(=O)COc1ccc2ccccc2c1. The minimum Gasteiger partial charge on any atom is -0.484 e. The number of nitrogens with zero attached hydrogens (tertiary/aromatic N) is 1. The maximum Gasteiger partial charge on any atom is 0.257 e. The van der Waals surface area contributed by atoms with E-state index in [-0.39, 0.29) is 12.5 Å². The summed E-state index contributed by atoms with van der Waals surface area (Å²) in [6, 6.07) is 13.9. The van der Waals surface area contributed by atoms with E-state index in [2.05, 4.69) is 16.3 Å². The topological polar surface area (TPSA) is 41.6 Å². The molecule has 0 aliphatic rings. The normalized spacial score (nSPS) is 10.8. The van der Waals surface area contributed by atoms with E-state index in [9.17, 15) is 4.79 Å². The summed E-state index contributed by atoms with van der Waals surface area (Å²) in [5.74, 6) is 0.638. The molecule has 0 saturated carbocycles. The minimum atomic E-state index is -0.0816. The molecule has 0 spiro atoms. The lowest BCUT2D eigenvalue weighted by Crippen LogP contribution is -2.31. The van der Waals surface area contributed by atoms with Gasteiger partial charge in [0.1, 0.15) is 5.75 Å². The predicted octanol–water partition coefficient (Wildman–Crippen LogP) is 2.29. The van der Waals surface area contributed by atoms with E-state index < -0.39 is 0 Å². The molecule has 0 heterocycles. The maximum atomic E-state index is 11.7. The van der Waals surface area contributed by atoms with Gasteiger partial charge in [-0.15, -0.1) is 0 Å². The van der Waals surface area contributed by atoms with E-state index in [1.54, 1.807) is 0 Å². The third-order valence-electron chi connectivity index (χ3n) is 3.20. The van der Waals surface area contributed by atoms with Gasteiger partial charge in [0.25, 0.3) is 5.91 Å². The molecule has 0 fully saturated rings. The molecule has 0 unspecified atom stereocenters. The molecular weight excluding hydrogens is 264 g/mol. The van der Waals surface area contributed by atoms with Gasteiger partial charge in [0.15, 0.2) is 6.61 Å². The summed E-state index contributed by atoms with van der Waals surface area (Å²) in [6.45, 7) is 1.70. The van der Waals surface area contributed by atoms with E-state index >= 15 is 0 Å². The summed E-state index contributed by atoms with van der Waals surface area (Å²) in [5.41, 5.74) is 0. The van der Waals surface area contributed by atoms with Crippen LogP contribution >= 0.6 is 0 Å². The molecule has 2 aromatic rings. The van der Waals surface area contributed by atoms with Gasteiger partial charge in [0.2, 0.25) is 0 Å². The lowest BCUT2D eigenvalue weighted by molar-refractivity contribution is -0.123. The van der Waals surface area contributed by atoms with E-state index in [4.69, 9.17) is 4.74 Å². The summed E-state index contributed by atoms with van der Waals surface area (Å²) >= 11 is 0. The van der Waals surface area contributed by atoms with Crippen LogP contribution < -0.4 is 10.1 Å². The van der Waals surface area contributed by atoms with Crippen LogP contribution in [0.1, 0.15) is 6.42 Å². The molecule has 0 atom stereocenters. The van der Waals surface area contributed by atoms with Crippen molar-refractivity contribution in [1.82, 2.24) is 10.2 Å². The van der Waals surface area contributed by atoms with Gasteiger partial charge in [-0.3, -0.25) is 4.79 Å². The highest BCUT2D eigenvalue weighted by molar-refractivity contribution is 5.84. The van der Waals surface area contributed by atoms with Gasteiger partial charge < -0.3 is 15.0 Å². The Balaban J connectivity index is 1.77. The molecule has 0 bridgehead atoms. The Bertz CT molecular complexity index is 596. The summed E-state index contributed by atoms with van der Waals surface area (Å²) in [4.78, 5) is 13.8. The van der Waals surface area contributed by atoms with E-state index in [1.165, 1.54) is 0 Å². The van der Waals surface area contributed by atoms with Crippen molar-refractivity contribution in [2.75, 3.05) is 33.8 Å². The highest BCUT2D eigenvalue weighted by Crippen LogP contribution is 2.20. The molecule has 2 aromatic carbocycles. The van der Waals surface area contributed by atoms with Crippen LogP contribution in [-0.2, 0) is 4.79 Å². The first-order chi connectivity index (χ1) is 10.1. The first-order valence-corrected chi connectivity index (χ1v) is 7.18. The van der Waals surface area contributed by atoms with Crippen molar-refractivity contribution >= 4 is 16.7 Å². The first-order valence-electron chi connectivity index (χ1n) is 7.18. The number of carbonyl (C=O) groups is 1. The second-order valence-electron chi connectivity index (χ2n) is 5.30. The van der Waals surface area contributed by atoms with Gasteiger partial charge in [-0.25, -0.2) is 0 Å². The molecule has 0 saturated heterocycles. The molecule has 0 aliphatic carbocycles.